The number of rotatable bonds is 4. The van der Waals surface area contributed by atoms with Gasteiger partial charge in [0.2, 0.25) is 0 Å². The van der Waals surface area contributed by atoms with E-state index in [0.717, 1.165) is 6.07 Å². The van der Waals surface area contributed by atoms with E-state index in [9.17, 15) is 12.8 Å². The largest absolute Gasteiger partial charge is 0.299 e. The maximum Gasteiger partial charge on any atom is 0.299 e. The molecule has 0 aliphatic carbocycles. The molecule has 0 heterocycles. The Morgan fingerprint density at radius 1 is 1.35 bits per heavy atom. The number of benzene rings is 1. The molecule has 4 nitrogen and oxygen atoms in total. The minimum absolute atomic E-state index is 0.221. The van der Waals surface area contributed by atoms with Gasteiger partial charge in [-0.3, -0.25) is 4.72 Å². The van der Waals surface area contributed by atoms with Gasteiger partial charge >= 0.3 is 0 Å². The predicted molar refractivity (Wildman–Crippen MR) is 69.7 cm³/mol. The summed E-state index contributed by atoms with van der Waals surface area (Å²) in [6, 6.07) is 2.43. The van der Waals surface area contributed by atoms with Crippen LogP contribution in [0, 0.1) is 12.7 Å². The molecule has 0 aromatic heterocycles. The maximum absolute atomic E-state index is 13.3. The molecule has 0 fully saturated rings. The fraction of sp³-hybridized carbons (Fsp3) is 0.400. The van der Waals surface area contributed by atoms with Crippen molar-refractivity contribution in [1.29, 1.82) is 0 Å². The van der Waals surface area contributed by atoms with Gasteiger partial charge in [0.15, 0.2) is 0 Å². The van der Waals surface area contributed by atoms with E-state index in [4.69, 9.17) is 0 Å². The van der Waals surface area contributed by atoms with Gasteiger partial charge in [0.25, 0.3) is 10.2 Å². The summed E-state index contributed by atoms with van der Waals surface area (Å²) in [5.74, 6) is -0.516. The van der Waals surface area contributed by atoms with Crippen molar-refractivity contribution in [2.75, 3.05) is 4.72 Å². The minimum atomic E-state index is -3.67. The van der Waals surface area contributed by atoms with Gasteiger partial charge in [-0.25, -0.2) is 4.39 Å². The van der Waals surface area contributed by atoms with Crippen molar-refractivity contribution < 1.29 is 12.8 Å². The van der Waals surface area contributed by atoms with E-state index in [0.29, 0.717) is 10.0 Å². The molecule has 0 spiro atoms. The van der Waals surface area contributed by atoms with Gasteiger partial charge in [-0.1, -0.05) is 0 Å². The third kappa shape index (κ3) is 4.25. The molecular formula is C10H14BrFN2O2S. The highest BCUT2D eigenvalue weighted by Gasteiger charge is 2.14. The van der Waals surface area contributed by atoms with Crippen molar-refractivity contribution in [1.82, 2.24) is 4.72 Å². The molecule has 0 unspecified atom stereocenters. The number of hydrogen-bond acceptors (Lipinski definition) is 2. The summed E-state index contributed by atoms with van der Waals surface area (Å²) in [7, 11) is -3.67. The highest BCUT2D eigenvalue weighted by molar-refractivity contribution is 9.10. The van der Waals surface area contributed by atoms with Gasteiger partial charge in [0.05, 0.1) is 10.2 Å². The van der Waals surface area contributed by atoms with Crippen molar-refractivity contribution in [2.45, 2.75) is 26.8 Å². The van der Waals surface area contributed by atoms with E-state index in [1.165, 1.54) is 6.07 Å². The molecule has 0 radical (unpaired) electrons. The second-order valence-corrected chi connectivity index (χ2v) is 6.26. The van der Waals surface area contributed by atoms with Gasteiger partial charge in [-0.15, -0.1) is 0 Å². The van der Waals surface area contributed by atoms with Gasteiger partial charge in [0.1, 0.15) is 5.82 Å². The Labute approximate surface area is 109 Å². The first-order chi connectivity index (χ1) is 7.71. The summed E-state index contributed by atoms with van der Waals surface area (Å²) >= 11 is 3.03. The third-order valence-corrected chi connectivity index (χ3v) is 3.78. The van der Waals surface area contributed by atoms with Crippen molar-refractivity contribution in [3.8, 4) is 0 Å². The second-order valence-electron chi connectivity index (χ2n) is 3.96. The fourth-order valence-corrected chi connectivity index (χ4v) is 2.89. The normalized spacial score (nSPS) is 11.9. The number of halogens is 2. The third-order valence-electron chi connectivity index (χ3n) is 1.90. The molecule has 0 saturated carbocycles. The highest BCUT2D eigenvalue weighted by atomic mass is 79.9. The standard InChI is InChI=1S/C10H14BrFN2O2S/c1-6(2)13-17(15,16)14-10-5-9(12)8(11)4-7(10)3/h4-6,13-14H,1-3H3. The van der Waals surface area contributed by atoms with E-state index < -0.39 is 16.0 Å². The van der Waals surface area contributed by atoms with Crippen LogP contribution in [0.1, 0.15) is 19.4 Å². The Balaban J connectivity index is 3.00. The van der Waals surface area contributed by atoms with Crippen LogP contribution < -0.4 is 9.44 Å². The Hall–Kier alpha value is -0.660. The molecule has 0 bridgehead atoms. The molecule has 1 aromatic carbocycles. The first kappa shape index (κ1) is 14.4. The SMILES string of the molecule is Cc1cc(Br)c(F)cc1NS(=O)(=O)NC(C)C. The van der Waals surface area contributed by atoms with Crippen molar-refractivity contribution in [3.63, 3.8) is 0 Å². The van der Waals surface area contributed by atoms with Crippen LogP contribution in [0.15, 0.2) is 16.6 Å². The molecule has 0 atom stereocenters. The summed E-state index contributed by atoms with van der Waals surface area (Å²) < 4.78 is 41.4. The van der Waals surface area contributed by atoms with Crippen LogP contribution in [-0.4, -0.2) is 14.5 Å². The van der Waals surface area contributed by atoms with Gasteiger partial charge < -0.3 is 0 Å². The molecule has 96 valence electrons. The van der Waals surface area contributed by atoms with Gasteiger partial charge in [-0.2, -0.15) is 13.1 Å². The summed E-state index contributed by atoms with van der Waals surface area (Å²) in [4.78, 5) is 0. The van der Waals surface area contributed by atoms with Gasteiger partial charge in [-0.05, 0) is 54.4 Å². The molecule has 2 N–H and O–H groups in total. The highest BCUT2D eigenvalue weighted by Crippen LogP contribution is 2.24. The lowest BCUT2D eigenvalue weighted by Crippen LogP contribution is -2.35. The Kier molecular flexibility index (Phi) is 4.51. The zero-order valence-electron chi connectivity index (χ0n) is 9.71. The average molecular weight is 325 g/mol. The van der Waals surface area contributed by atoms with Gasteiger partial charge in [0, 0.05) is 6.04 Å². The number of anilines is 1. The zero-order chi connectivity index (χ0) is 13.2. The van der Waals surface area contributed by atoms with E-state index in [-0.39, 0.29) is 11.7 Å². The van der Waals surface area contributed by atoms with E-state index in [2.05, 4.69) is 25.4 Å². The molecular weight excluding hydrogens is 311 g/mol. The molecule has 1 rings (SSSR count). The van der Waals surface area contributed by atoms with Crippen LogP contribution in [0.5, 0.6) is 0 Å². The molecule has 7 heteroatoms. The van der Waals surface area contributed by atoms with E-state index in [1.54, 1.807) is 20.8 Å². The monoisotopic (exact) mass is 324 g/mol. The first-order valence-corrected chi connectivity index (χ1v) is 7.24. The van der Waals surface area contributed by atoms with Crippen LogP contribution in [-0.2, 0) is 10.2 Å². The number of nitrogens with one attached hydrogen (secondary N) is 2. The average Bonchev–Trinajstić information content (AvgIpc) is 2.11. The van der Waals surface area contributed by atoms with Crippen LogP contribution >= 0.6 is 15.9 Å². The van der Waals surface area contributed by atoms with Crippen molar-refractivity contribution in [2.24, 2.45) is 0 Å². The van der Waals surface area contributed by atoms with Crippen LogP contribution in [0.4, 0.5) is 10.1 Å². The van der Waals surface area contributed by atoms with Crippen LogP contribution in [0.3, 0.4) is 0 Å². The minimum Gasteiger partial charge on any atom is -0.271 e. The lowest BCUT2D eigenvalue weighted by Gasteiger charge is -2.13. The second kappa shape index (κ2) is 5.32. The van der Waals surface area contributed by atoms with Crippen LogP contribution in [0.25, 0.3) is 0 Å². The lowest BCUT2D eigenvalue weighted by atomic mass is 10.2. The molecule has 0 saturated heterocycles. The Morgan fingerprint density at radius 2 is 1.94 bits per heavy atom. The fourth-order valence-electron chi connectivity index (χ4n) is 1.24. The summed E-state index contributed by atoms with van der Waals surface area (Å²) in [5, 5.41) is 0. The van der Waals surface area contributed by atoms with Crippen molar-refractivity contribution in [3.05, 3.63) is 28.0 Å². The zero-order valence-corrected chi connectivity index (χ0v) is 12.1. The summed E-state index contributed by atoms with van der Waals surface area (Å²) in [5.41, 5.74) is 0.853. The first-order valence-electron chi connectivity index (χ1n) is 4.97. The quantitative estimate of drug-likeness (QED) is 0.894. The van der Waals surface area contributed by atoms with E-state index >= 15 is 0 Å². The summed E-state index contributed by atoms with van der Waals surface area (Å²) in [6.45, 7) is 5.10. The molecule has 0 amide bonds. The lowest BCUT2D eigenvalue weighted by molar-refractivity contribution is 0.575. The Morgan fingerprint density at radius 3 is 2.47 bits per heavy atom. The number of hydrogen-bond donors (Lipinski definition) is 2. The smallest absolute Gasteiger partial charge is 0.271 e. The van der Waals surface area contributed by atoms with Crippen molar-refractivity contribution >= 4 is 31.8 Å². The maximum atomic E-state index is 13.3. The predicted octanol–water partition coefficient (Wildman–Crippen LogP) is 2.55. The molecule has 0 aliphatic rings. The summed E-state index contributed by atoms with van der Waals surface area (Å²) in [6.07, 6.45) is 0. The molecule has 0 aliphatic heterocycles. The number of aryl methyl sites for hydroxylation is 1. The van der Waals surface area contributed by atoms with Crippen LogP contribution in [0.2, 0.25) is 0 Å². The Bertz CT molecular complexity index is 517. The molecule has 17 heavy (non-hydrogen) atoms. The van der Waals surface area contributed by atoms with E-state index in [1.807, 2.05) is 0 Å². The topological polar surface area (TPSA) is 58.2 Å². The molecule has 1 aromatic rings.